The molecule has 0 aliphatic carbocycles. The molecule has 0 spiro atoms. The maximum Gasteiger partial charge on any atom is 0.330 e. The summed E-state index contributed by atoms with van der Waals surface area (Å²) in [6.45, 7) is 13.9. The standard InChI is InChI=1S/C25H22N6O2/c1-25(2,3)15-31-21-9-8-20(29-23(21)30(5)24(31)32)19-12-17(7-6-16(19)14-26)33-18-10-11-28-22(13-18)27-4/h6-13H,15H2,1-3,5H3. The zero-order valence-corrected chi connectivity index (χ0v) is 18.8. The van der Waals surface area contributed by atoms with Crippen LogP contribution in [0, 0.1) is 23.3 Å². The first-order chi connectivity index (χ1) is 15.7. The van der Waals surface area contributed by atoms with Crippen LogP contribution in [0.15, 0.2) is 53.5 Å². The van der Waals surface area contributed by atoms with Crippen molar-refractivity contribution in [1.82, 2.24) is 19.1 Å². The Morgan fingerprint density at radius 2 is 1.91 bits per heavy atom. The van der Waals surface area contributed by atoms with Crippen LogP contribution in [0.2, 0.25) is 0 Å². The molecule has 1 aromatic carbocycles. The van der Waals surface area contributed by atoms with Gasteiger partial charge in [-0.3, -0.25) is 9.13 Å². The van der Waals surface area contributed by atoms with Gasteiger partial charge in [-0.05, 0) is 35.7 Å². The van der Waals surface area contributed by atoms with E-state index < -0.39 is 0 Å². The fraction of sp³-hybridized carbons (Fsp3) is 0.240. The Bertz CT molecular complexity index is 1510. The molecule has 0 saturated carbocycles. The highest BCUT2D eigenvalue weighted by Gasteiger charge is 2.19. The molecule has 3 heterocycles. The average Bonchev–Trinajstić information content (AvgIpc) is 3.02. The fourth-order valence-electron chi connectivity index (χ4n) is 3.61. The Morgan fingerprint density at radius 3 is 2.61 bits per heavy atom. The lowest BCUT2D eigenvalue weighted by atomic mass is 9.97. The second-order valence-corrected chi connectivity index (χ2v) is 8.91. The first kappa shape index (κ1) is 21.8. The van der Waals surface area contributed by atoms with Crippen molar-refractivity contribution in [2.24, 2.45) is 12.5 Å². The molecule has 0 N–H and O–H groups in total. The minimum atomic E-state index is -0.129. The molecule has 4 rings (SSSR count). The summed E-state index contributed by atoms with van der Waals surface area (Å²) in [5.74, 6) is 1.19. The Morgan fingerprint density at radius 1 is 1.15 bits per heavy atom. The van der Waals surface area contributed by atoms with Gasteiger partial charge in [-0.15, -0.1) is 4.98 Å². The van der Waals surface area contributed by atoms with E-state index in [0.29, 0.717) is 40.5 Å². The van der Waals surface area contributed by atoms with E-state index in [1.54, 1.807) is 41.9 Å². The number of hydrogen-bond acceptors (Lipinski definition) is 5. The number of nitriles is 1. The van der Waals surface area contributed by atoms with Crippen LogP contribution in [0.5, 0.6) is 11.5 Å². The van der Waals surface area contributed by atoms with E-state index >= 15 is 0 Å². The van der Waals surface area contributed by atoms with Crippen molar-refractivity contribution in [2.45, 2.75) is 27.3 Å². The Labute approximate surface area is 191 Å². The van der Waals surface area contributed by atoms with Crippen LogP contribution >= 0.6 is 0 Å². The molecule has 0 unspecified atom stereocenters. The zero-order valence-electron chi connectivity index (χ0n) is 18.8. The highest BCUT2D eigenvalue weighted by Crippen LogP contribution is 2.31. The fourth-order valence-corrected chi connectivity index (χ4v) is 3.61. The van der Waals surface area contributed by atoms with Gasteiger partial charge in [-0.1, -0.05) is 27.3 Å². The van der Waals surface area contributed by atoms with Crippen molar-refractivity contribution in [3.05, 3.63) is 76.1 Å². The van der Waals surface area contributed by atoms with E-state index in [1.165, 1.54) is 10.8 Å². The van der Waals surface area contributed by atoms with Crippen molar-refractivity contribution >= 4 is 17.0 Å². The van der Waals surface area contributed by atoms with Gasteiger partial charge >= 0.3 is 5.69 Å². The van der Waals surface area contributed by atoms with Crippen LogP contribution in [-0.4, -0.2) is 19.1 Å². The zero-order chi connectivity index (χ0) is 23.8. The molecular weight excluding hydrogens is 416 g/mol. The molecule has 4 aromatic rings. The van der Waals surface area contributed by atoms with E-state index in [9.17, 15) is 10.1 Å². The lowest BCUT2D eigenvalue weighted by molar-refractivity contribution is 0.342. The van der Waals surface area contributed by atoms with Gasteiger partial charge in [0.2, 0.25) is 0 Å². The van der Waals surface area contributed by atoms with Gasteiger partial charge in [0.1, 0.15) is 17.7 Å². The van der Waals surface area contributed by atoms with Gasteiger partial charge in [0.15, 0.2) is 5.65 Å². The van der Waals surface area contributed by atoms with Crippen molar-refractivity contribution in [3.63, 3.8) is 0 Å². The molecule has 8 nitrogen and oxygen atoms in total. The van der Waals surface area contributed by atoms with Crippen molar-refractivity contribution in [2.75, 3.05) is 0 Å². The maximum absolute atomic E-state index is 12.8. The van der Waals surface area contributed by atoms with E-state index in [1.807, 2.05) is 12.1 Å². The number of ether oxygens (including phenoxy) is 1. The number of imidazole rings is 1. The predicted molar refractivity (Wildman–Crippen MR) is 125 cm³/mol. The molecule has 0 amide bonds. The van der Waals surface area contributed by atoms with E-state index in [0.717, 1.165) is 5.52 Å². The summed E-state index contributed by atoms with van der Waals surface area (Å²) in [4.78, 5) is 24.8. The molecule has 0 fully saturated rings. The number of fused-ring (bicyclic) bond motifs is 1. The molecule has 0 radical (unpaired) electrons. The van der Waals surface area contributed by atoms with Crippen molar-refractivity contribution in [1.29, 1.82) is 5.26 Å². The summed E-state index contributed by atoms with van der Waals surface area (Å²) in [7, 11) is 1.70. The molecular formula is C25H22N6O2. The van der Waals surface area contributed by atoms with Crippen molar-refractivity contribution < 1.29 is 4.74 Å². The van der Waals surface area contributed by atoms with Crippen LogP contribution < -0.4 is 10.4 Å². The molecule has 0 bridgehead atoms. The Hall–Kier alpha value is -4.43. The minimum Gasteiger partial charge on any atom is -0.458 e. The molecule has 164 valence electrons. The summed E-state index contributed by atoms with van der Waals surface area (Å²) < 4.78 is 9.15. The van der Waals surface area contributed by atoms with Crippen LogP contribution in [0.1, 0.15) is 26.3 Å². The van der Waals surface area contributed by atoms with Gasteiger partial charge in [0.25, 0.3) is 5.82 Å². The third-order valence-corrected chi connectivity index (χ3v) is 5.07. The first-order valence-corrected chi connectivity index (χ1v) is 10.3. The number of aryl methyl sites for hydroxylation is 1. The van der Waals surface area contributed by atoms with Gasteiger partial charge < -0.3 is 9.58 Å². The van der Waals surface area contributed by atoms with Gasteiger partial charge in [-0.25, -0.2) is 9.78 Å². The SMILES string of the molecule is [C-]#[N+]c1cc(Oc2ccc(C#N)c(-c3ccc4c(n3)n(C)c(=O)n4CC(C)(C)C)c2)ccn1. The maximum atomic E-state index is 12.8. The van der Waals surface area contributed by atoms with Gasteiger partial charge in [0, 0.05) is 31.3 Å². The highest BCUT2D eigenvalue weighted by molar-refractivity contribution is 5.78. The Kier molecular flexibility index (Phi) is 5.45. The quantitative estimate of drug-likeness (QED) is 0.416. The number of rotatable bonds is 4. The van der Waals surface area contributed by atoms with Gasteiger partial charge in [-0.2, -0.15) is 5.26 Å². The van der Waals surface area contributed by atoms with Gasteiger partial charge in [0.05, 0.1) is 22.8 Å². The summed E-state index contributed by atoms with van der Waals surface area (Å²) in [5.41, 5.74) is 2.68. The monoisotopic (exact) mass is 438 g/mol. The summed E-state index contributed by atoms with van der Waals surface area (Å²) >= 11 is 0. The number of benzene rings is 1. The smallest absolute Gasteiger partial charge is 0.330 e. The van der Waals surface area contributed by atoms with Crippen LogP contribution in [0.3, 0.4) is 0 Å². The van der Waals surface area contributed by atoms with E-state index in [-0.39, 0.29) is 16.9 Å². The molecule has 0 saturated heterocycles. The molecule has 3 aromatic heterocycles. The third-order valence-electron chi connectivity index (χ3n) is 5.07. The van der Waals surface area contributed by atoms with Crippen LogP contribution in [-0.2, 0) is 13.6 Å². The third kappa shape index (κ3) is 4.32. The van der Waals surface area contributed by atoms with Crippen LogP contribution in [0.25, 0.3) is 27.3 Å². The molecule has 0 aliphatic rings. The summed E-state index contributed by atoms with van der Waals surface area (Å²) in [5, 5.41) is 9.65. The van der Waals surface area contributed by atoms with E-state index in [2.05, 4.69) is 36.7 Å². The lowest BCUT2D eigenvalue weighted by Gasteiger charge is -2.18. The number of nitrogens with zero attached hydrogens (tertiary/aromatic N) is 6. The first-order valence-electron chi connectivity index (χ1n) is 10.3. The van der Waals surface area contributed by atoms with Crippen molar-refractivity contribution in [3.8, 4) is 28.8 Å². The normalized spacial score (nSPS) is 11.2. The van der Waals surface area contributed by atoms with E-state index in [4.69, 9.17) is 16.3 Å². The predicted octanol–water partition coefficient (Wildman–Crippen LogP) is 5.06. The second-order valence-electron chi connectivity index (χ2n) is 8.91. The second kappa shape index (κ2) is 8.25. The highest BCUT2D eigenvalue weighted by atomic mass is 16.5. The average molecular weight is 438 g/mol. The topological polar surface area (TPSA) is 90.1 Å². The number of pyridine rings is 2. The Balaban J connectivity index is 1.79. The van der Waals surface area contributed by atoms with Crippen LogP contribution in [0.4, 0.5) is 5.82 Å². The summed E-state index contributed by atoms with van der Waals surface area (Å²) in [6, 6.07) is 14.2. The lowest BCUT2D eigenvalue weighted by Crippen LogP contribution is -2.27. The molecule has 0 atom stereocenters. The largest absolute Gasteiger partial charge is 0.458 e. The summed E-state index contributed by atoms with van der Waals surface area (Å²) in [6.07, 6.45) is 1.51. The number of aromatic nitrogens is 4. The molecule has 8 heteroatoms. The molecule has 0 aliphatic heterocycles. The number of hydrogen-bond donors (Lipinski definition) is 0. The molecule has 33 heavy (non-hydrogen) atoms. The minimum absolute atomic E-state index is 0.0729.